The molecule has 19 heavy (non-hydrogen) atoms. The van der Waals surface area contributed by atoms with Crippen LogP contribution in [0.5, 0.6) is 5.75 Å². The maximum absolute atomic E-state index is 5.58. The molecule has 0 fully saturated rings. The van der Waals surface area contributed by atoms with Gasteiger partial charge in [0.1, 0.15) is 5.75 Å². The lowest BCUT2D eigenvalue weighted by atomic mass is 9.89. The van der Waals surface area contributed by atoms with E-state index in [-0.39, 0.29) is 0 Å². The van der Waals surface area contributed by atoms with Gasteiger partial charge in [-0.05, 0) is 35.1 Å². The molecule has 0 heterocycles. The van der Waals surface area contributed by atoms with Crippen LogP contribution >= 0.6 is 0 Å². The first-order chi connectivity index (χ1) is 9.19. The quantitative estimate of drug-likeness (QED) is 0.742. The standard InChI is InChI=1S/C18H22O/c1-5-14-9-8-12-17(19-4)18(14)16-11-7-6-10-15(16)13(2)3/h6-13H,5H2,1-4H3. The van der Waals surface area contributed by atoms with Gasteiger partial charge in [-0.1, -0.05) is 57.2 Å². The highest BCUT2D eigenvalue weighted by atomic mass is 16.5. The van der Waals surface area contributed by atoms with Crippen molar-refractivity contribution in [3.05, 3.63) is 53.6 Å². The van der Waals surface area contributed by atoms with Gasteiger partial charge in [0.25, 0.3) is 0 Å². The van der Waals surface area contributed by atoms with Crippen LogP contribution in [0.4, 0.5) is 0 Å². The molecule has 1 nitrogen and oxygen atoms in total. The van der Waals surface area contributed by atoms with Crippen molar-refractivity contribution in [3.8, 4) is 16.9 Å². The van der Waals surface area contributed by atoms with E-state index < -0.39 is 0 Å². The number of rotatable bonds is 4. The highest BCUT2D eigenvalue weighted by Gasteiger charge is 2.15. The van der Waals surface area contributed by atoms with E-state index in [0.29, 0.717) is 5.92 Å². The zero-order valence-corrected chi connectivity index (χ0v) is 12.2. The Morgan fingerprint density at radius 2 is 1.74 bits per heavy atom. The molecule has 0 unspecified atom stereocenters. The van der Waals surface area contributed by atoms with Gasteiger partial charge in [-0.2, -0.15) is 0 Å². The molecule has 0 aromatic heterocycles. The third-order valence-electron chi connectivity index (χ3n) is 3.57. The highest BCUT2D eigenvalue weighted by Crippen LogP contribution is 2.38. The fraction of sp³-hybridized carbons (Fsp3) is 0.333. The molecule has 0 aliphatic heterocycles. The summed E-state index contributed by atoms with van der Waals surface area (Å²) >= 11 is 0. The molecule has 100 valence electrons. The monoisotopic (exact) mass is 254 g/mol. The van der Waals surface area contributed by atoms with Crippen LogP contribution in [-0.2, 0) is 6.42 Å². The molecule has 0 radical (unpaired) electrons. The number of hydrogen-bond donors (Lipinski definition) is 0. The zero-order valence-electron chi connectivity index (χ0n) is 12.2. The lowest BCUT2D eigenvalue weighted by Gasteiger charge is -2.18. The van der Waals surface area contributed by atoms with E-state index in [1.165, 1.54) is 22.3 Å². The summed E-state index contributed by atoms with van der Waals surface area (Å²) in [6, 6.07) is 14.9. The Hall–Kier alpha value is -1.76. The Labute approximate surface area is 116 Å². The molecule has 2 aromatic rings. The fourth-order valence-electron chi connectivity index (χ4n) is 2.58. The molecule has 0 amide bonds. The van der Waals surface area contributed by atoms with Crippen molar-refractivity contribution >= 4 is 0 Å². The second-order valence-electron chi connectivity index (χ2n) is 5.09. The van der Waals surface area contributed by atoms with Gasteiger partial charge in [0.2, 0.25) is 0 Å². The van der Waals surface area contributed by atoms with E-state index in [0.717, 1.165) is 12.2 Å². The van der Waals surface area contributed by atoms with Crippen molar-refractivity contribution in [2.45, 2.75) is 33.1 Å². The van der Waals surface area contributed by atoms with Crippen molar-refractivity contribution in [1.82, 2.24) is 0 Å². The maximum atomic E-state index is 5.58. The van der Waals surface area contributed by atoms with E-state index in [1.54, 1.807) is 7.11 Å². The lowest BCUT2D eigenvalue weighted by Crippen LogP contribution is -1.98. The third kappa shape index (κ3) is 2.65. The smallest absolute Gasteiger partial charge is 0.126 e. The first kappa shape index (κ1) is 13.7. The van der Waals surface area contributed by atoms with Crippen molar-refractivity contribution in [1.29, 1.82) is 0 Å². The first-order valence-corrected chi connectivity index (χ1v) is 6.94. The molecule has 0 aliphatic carbocycles. The van der Waals surface area contributed by atoms with E-state index >= 15 is 0 Å². The number of methoxy groups -OCH3 is 1. The summed E-state index contributed by atoms with van der Waals surface area (Å²) in [5, 5.41) is 0. The van der Waals surface area contributed by atoms with E-state index in [4.69, 9.17) is 4.74 Å². The van der Waals surface area contributed by atoms with Crippen molar-refractivity contribution in [3.63, 3.8) is 0 Å². The van der Waals surface area contributed by atoms with Gasteiger partial charge in [-0.15, -0.1) is 0 Å². The molecular weight excluding hydrogens is 232 g/mol. The normalized spacial score (nSPS) is 10.8. The topological polar surface area (TPSA) is 9.23 Å². The minimum absolute atomic E-state index is 0.505. The molecule has 0 N–H and O–H groups in total. The molecule has 1 heteroatoms. The van der Waals surface area contributed by atoms with Crippen LogP contribution in [0.1, 0.15) is 37.8 Å². The Morgan fingerprint density at radius 1 is 1.00 bits per heavy atom. The molecular formula is C18H22O. The summed E-state index contributed by atoms with van der Waals surface area (Å²) in [7, 11) is 1.75. The Kier molecular flexibility index (Phi) is 4.26. The van der Waals surface area contributed by atoms with E-state index in [9.17, 15) is 0 Å². The van der Waals surface area contributed by atoms with Gasteiger partial charge >= 0.3 is 0 Å². The molecule has 0 saturated carbocycles. The number of benzene rings is 2. The minimum atomic E-state index is 0.505. The van der Waals surface area contributed by atoms with E-state index in [2.05, 4.69) is 57.2 Å². The van der Waals surface area contributed by atoms with Crippen LogP contribution in [0.15, 0.2) is 42.5 Å². The van der Waals surface area contributed by atoms with Crippen LogP contribution in [0.25, 0.3) is 11.1 Å². The number of aryl methyl sites for hydroxylation is 1. The molecule has 0 aliphatic rings. The lowest BCUT2D eigenvalue weighted by molar-refractivity contribution is 0.416. The molecule has 0 saturated heterocycles. The highest BCUT2D eigenvalue weighted by molar-refractivity contribution is 5.77. The van der Waals surface area contributed by atoms with Crippen molar-refractivity contribution in [2.24, 2.45) is 0 Å². The third-order valence-corrected chi connectivity index (χ3v) is 3.57. The van der Waals surface area contributed by atoms with Crippen LogP contribution in [-0.4, -0.2) is 7.11 Å². The summed E-state index contributed by atoms with van der Waals surface area (Å²) in [6.07, 6.45) is 1.01. The van der Waals surface area contributed by atoms with Gasteiger partial charge < -0.3 is 4.74 Å². The second kappa shape index (κ2) is 5.92. The Bertz CT molecular complexity index is 533. The van der Waals surface area contributed by atoms with Crippen LogP contribution in [0, 0.1) is 0 Å². The van der Waals surface area contributed by atoms with Crippen LogP contribution < -0.4 is 4.74 Å². The Balaban J connectivity index is 2.71. The SMILES string of the molecule is CCc1cccc(OC)c1-c1ccccc1C(C)C. The summed E-state index contributed by atoms with van der Waals surface area (Å²) in [4.78, 5) is 0. The average Bonchev–Trinajstić information content (AvgIpc) is 2.46. The predicted octanol–water partition coefficient (Wildman–Crippen LogP) is 5.05. The second-order valence-corrected chi connectivity index (χ2v) is 5.09. The molecule has 2 aromatic carbocycles. The largest absolute Gasteiger partial charge is 0.496 e. The zero-order chi connectivity index (χ0) is 13.8. The van der Waals surface area contributed by atoms with Gasteiger partial charge in [-0.25, -0.2) is 0 Å². The van der Waals surface area contributed by atoms with E-state index in [1.807, 2.05) is 6.07 Å². The first-order valence-electron chi connectivity index (χ1n) is 6.94. The number of hydrogen-bond acceptors (Lipinski definition) is 1. The maximum Gasteiger partial charge on any atom is 0.126 e. The fourth-order valence-corrected chi connectivity index (χ4v) is 2.58. The van der Waals surface area contributed by atoms with Crippen molar-refractivity contribution in [2.75, 3.05) is 7.11 Å². The predicted molar refractivity (Wildman–Crippen MR) is 81.9 cm³/mol. The summed E-state index contributed by atoms with van der Waals surface area (Å²) in [5.41, 5.74) is 5.26. The van der Waals surface area contributed by atoms with Gasteiger partial charge in [0, 0.05) is 5.56 Å². The van der Waals surface area contributed by atoms with Crippen LogP contribution in [0.3, 0.4) is 0 Å². The molecule has 2 rings (SSSR count). The summed E-state index contributed by atoms with van der Waals surface area (Å²) in [5.74, 6) is 1.47. The molecule has 0 spiro atoms. The van der Waals surface area contributed by atoms with Gasteiger partial charge in [0.05, 0.1) is 7.11 Å². The van der Waals surface area contributed by atoms with Gasteiger partial charge in [0.15, 0.2) is 0 Å². The average molecular weight is 254 g/mol. The van der Waals surface area contributed by atoms with Crippen LogP contribution in [0.2, 0.25) is 0 Å². The Morgan fingerprint density at radius 3 is 2.37 bits per heavy atom. The summed E-state index contributed by atoms with van der Waals surface area (Å²) in [6.45, 7) is 6.66. The van der Waals surface area contributed by atoms with Gasteiger partial charge in [-0.3, -0.25) is 0 Å². The number of ether oxygens (including phenoxy) is 1. The molecule has 0 atom stereocenters. The minimum Gasteiger partial charge on any atom is -0.496 e. The summed E-state index contributed by atoms with van der Waals surface area (Å²) < 4.78 is 5.58. The molecule has 0 bridgehead atoms. The van der Waals surface area contributed by atoms with Crippen molar-refractivity contribution < 1.29 is 4.74 Å².